The van der Waals surface area contributed by atoms with E-state index in [1.54, 1.807) is 0 Å². The maximum atomic E-state index is 12.3. The summed E-state index contributed by atoms with van der Waals surface area (Å²) in [6.45, 7) is 3.00. The first-order valence-corrected chi connectivity index (χ1v) is 10.7. The molecule has 3 amide bonds. The van der Waals surface area contributed by atoms with Gasteiger partial charge in [0.25, 0.3) is 5.91 Å². The smallest absolute Gasteiger partial charge is 0.261 e. The van der Waals surface area contributed by atoms with E-state index in [1.165, 1.54) is 11.3 Å². The lowest BCUT2D eigenvalue weighted by Crippen LogP contribution is -2.58. The fourth-order valence-electron chi connectivity index (χ4n) is 4.43. The third-order valence-corrected chi connectivity index (χ3v) is 6.72. The Hall–Kier alpha value is -1.93. The molecule has 8 heteroatoms. The molecular weight excluding hydrogens is 364 g/mol. The van der Waals surface area contributed by atoms with Gasteiger partial charge in [-0.15, -0.1) is 11.3 Å². The second-order valence-electron chi connectivity index (χ2n) is 7.62. The van der Waals surface area contributed by atoms with Crippen LogP contribution in [0.4, 0.5) is 0 Å². The highest BCUT2D eigenvalue weighted by Crippen LogP contribution is 2.26. The van der Waals surface area contributed by atoms with Gasteiger partial charge in [0.1, 0.15) is 0 Å². The molecule has 0 radical (unpaired) electrons. The molecule has 4 heterocycles. The van der Waals surface area contributed by atoms with Gasteiger partial charge in [-0.1, -0.05) is 6.07 Å². The van der Waals surface area contributed by atoms with Crippen LogP contribution in [0.25, 0.3) is 0 Å². The second kappa shape index (κ2) is 7.98. The number of carbonyl (C=O) groups excluding carboxylic acids is 3. The van der Waals surface area contributed by atoms with E-state index < -0.39 is 0 Å². The Morgan fingerprint density at radius 1 is 1.30 bits per heavy atom. The van der Waals surface area contributed by atoms with E-state index in [1.807, 2.05) is 22.4 Å². The molecule has 4 rings (SSSR count). The predicted molar refractivity (Wildman–Crippen MR) is 103 cm³/mol. The fourth-order valence-corrected chi connectivity index (χ4v) is 5.05. The minimum atomic E-state index is -0.209. The molecule has 0 bridgehead atoms. The zero-order valence-corrected chi connectivity index (χ0v) is 16.2. The maximum absolute atomic E-state index is 12.3. The first-order chi connectivity index (χ1) is 13.1. The number of carbonyl (C=O) groups is 3. The number of likely N-dealkylation sites (tertiary alicyclic amines) is 1. The van der Waals surface area contributed by atoms with Crippen molar-refractivity contribution in [2.75, 3.05) is 26.2 Å². The van der Waals surface area contributed by atoms with Gasteiger partial charge in [0.2, 0.25) is 11.8 Å². The lowest BCUT2D eigenvalue weighted by atomic mass is 10.0. The summed E-state index contributed by atoms with van der Waals surface area (Å²) in [5.41, 5.74) is 0. The Kier molecular flexibility index (Phi) is 5.45. The summed E-state index contributed by atoms with van der Waals surface area (Å²) in [6.07, 6.45) is 4.10. The number of thiophene rings is 1. The number of piperazine rings is 1. The van der Waals surface area contributed by atoms with E-state index in [2.05, 4.69) is 15.5 Å². The van der Waals surface area contributed by atoms with Crippen molar-refractivity contribution in [2.45, 2.75) is 50.2 Å². The van der Waals surface area contributed by atoms with Crippen LogP contribution in [0.2, 0.25) is 0 Å². The second-order valence-corrected chi connectivity index (χ2v) is 8.57. The molecule has 0 spiro atoms. The van der Waals surface area contributed by atoms with Crippen LogP contribution in [-0.2, 0) is 9.59 Å². The van der Waals surface area contributed by atoms with Crippen LogP contribution in [0.15, 0.2) is 17.5 Å². The molecule has 3 atom stereocenters. The molecule has 0 aliphatic carbocycles. The maximum Gasteiger partial charge on any atom is 0.261 e. The van der Waals surface area contributed by atoms with Gasteiger partial charge < -0.3 is 15.5 Å². The molecule has 3 aliphatic heterocycles. The topological polar surface area (TPSA) is 81.8 Å². The molecule has 0 saturated carbocycles. The Labute approximate surface area is 163 Å². The minimum Gasteiger partial charge on any atom is -0.353 e. The van der Waals surface area contributed by atoms with E-state index in [0.717, 1.165) is 32.4 Å². The zero-order chi connectivity index (χ0) is 18.8. The lowest BCUT2D eigenvalue weighted by Gasteiger charge is -2.37. The molecule has 1 aromatic rings. The number of hydrogen-bond acceptors (Lipinski definition) is 5. The van der Waals surface area contributed by atoms with Gasteiger partial charge in [-0.3, -0.25) is 19.3 Å². The SMILES string of the molecule is O=C(N[C@@H]1C[C@@H]2C(=O)NC[C@@H](CCC(=O)N3CCCC3)N2C1)c1cccs1. The van der Waals surface area contributed by atoms with E-state index in [4.69, 9.17) is 0 Å². The van der Waals surface area contributed by atoms with Gasteiger partial charge in [0.15, 0.2) is 0 Å². The molecule has 0 unspecified atom stereocenters. The van der Waals surface area contributed by atoms with Gasteiger partial charge in [0.05, 0.1) is 10.9 Å². The van der Waals surface area contributed by atoms with Crippen LogP contribution in [0.3, 0.4) is 0 Å². The van der Waals surface area contributed by atoms with Gasteiger partial charge >= 0.3 is 0 Å². The van der Waals surface area contributed by atoms with Crippen molar-refractivity contribution >= 4 is 29.1 Å². The Bertz CT molecular complexity index is 702. The normalized spacial score (nSPS) is 28.1. The highest BCUT2D eigenvalue weighted by molar-refractivity contribution is 7.12. The van der Waals surface area contributed by atoms with Crippen LogP contribution in [0.1, 0.15) is 41.8 Å². The summed E-state index contributed by atoms with van der Waals surface area (Å²) in [7, 11) is 0. The first kappa shape index (κ1) is 18.4. The number of nitrogens with one attached hydrogen (secondary N) is 2. The summed E-state index contributed by atoms with van der Waals surface area (Å²) in [5.74, 6) is 0.184. The van der Waals surface area contributed by atoms with Crippen LogP contribution in [0, 0.1) is 0 Å². The molecule has 3 fully saturated rings. The number of amides is 3. The highest BCUT2D eigenvalue weighted by atomic mass is 32.1. The van der Waals surface area contributed by atoms with E-state index in [-0.39, 0.29) is 35.8 Å². The summed E-state index contributed by atoms with van der Waals surface area (Å²) < 4.78 is 0. The summed E-state index contributed by atoms with van der Waals surface area (Å²) in [4.78, 5) is 41.8. The van der Waals surface area contributed by atoms with E-state index in [0.29, 0.717) is 30.8 Å². The average Bonchev–Trinajstić information content (AvgIpc) is 3.40. The Balaban J connectivity index is 1.34. The van der Waals surface area contributed by atoms with Crippen molar-refractivity contribution in [3.63, 3.8) is 0 Å². The summed E-state index contributed by atoms with van der Waals surface area (Å²) >= 11 is 1.42. The molecule has 1 aromatic heterocycles. The first-order valence-electron chi connectivity index (χ1n) is 9.77. The van der Waals surface area contributed by atoms with Crippen molar-refractivity contribution < 1.29 is 14.4 Å². The largest absolute Gasteiger partial charge is 0.353 e. The van der Waals surface area contributed by atoms with E-state index >= 15 is 0 Å². The van der Waals surface area contributed by atoms with Crippen molar-refractivity contribution in [1.82, 2.24) is 20.4 Å². The van der Waals surface area contributed by atoms with Crippen LogP contribution in [0.5, 0.6) is 0 Å². The number of fused-ring (bicyclic) bond motifs is 1. The number of nitrogens with zero attached hydrogens (tertiary/aromatic N) is 2. The minimum absolute atomic E-state index is 0.0324. The van der Waals surface area contributed by atoms with Gasteiger partial charge in [-0.05, 0) is 37.1 Å². The van der Waals surface area contributed by atoms with Gasteiger partial charge in [-0.25, -0.2) is 0 Å². The van der Waals surface area contributed by atoms with Crippen molar-refractivity contribution in [1.29, 1.82) is 0 Å². The quantitative estimate of drug-likeness (QED) is 0.780. The van der Waals surface area contributed by atoms with E-state index in [9.17, 15) is 14.4 Å². The molecule has 3 saturated heterocycles. The number of rotatable bonds is 5. The Morgan fingerprint density at radius 3 is 2.85 bits per heavy atom. The molecule has 7 nitrogen and oxygen atoms in total. The van der Waals surface area contributed by atoms with Crippen molar-refractivity contribution in [3.05, 3.63) is 22.4 Å². The van der Waals surface area contributed by atoms with Crippen molar-refractivity contribution in [2.24, 2.45) is 0 Å². The van der Waals surface area contributed by atoms with Crippen LogP contribution in [-0.4, -0.2) is 71.8 Å². The fraction of sp³-hybridized carbons (Fsp3) is 0.632. The standard InChI is InChI=1S/C19H26N4O3S/c24-17(22-7-1-2-8-22)6-5-14-11-20-18(25)15-10-13(12-23(14)15)21-19(26)16-4-3-9-27-16/h3-4,9,13-15H,1-2,5-8,10-12H2,(H,20,25)(H,21,26)/t13-,14-,15-/m1/s1. The average molecular weight is 391 g/mol. The molecule has 2 N–H and O–H groups in total. The molecule has 27 heavy (non-hydrogen) atoms. The number of hydrogen-bond donors (Lipinski definition) is 2. The summed E-state index contributed by atoms with van der Waals surface area (Å²) in [5, 5.41) is 7.93. The molecule has 0 aromatic carbocycles. The molecule has 3 aliphatic rings. The van der Waals surface area contributed by atoms with Crippen LogP contribution < -0.4 is 10.6 Å². The lowest BCUT2D eigenvalue weighted by molar-refractivity contribution is -0.131. The third-order valence-electron chi connectivity index (χ3n) is 5.85. The van der Waals surface area contributed by atoms with Crippen LogP contribution >= 0.6 is 11.3 Å². The Morgan fingerprint density at radius 2 is 2.11 bits per heavy atom. The highest BCUT2D eigenvalue weighted by Gasteiger charge is 2.43. The molecular formula is C19H26N4O3S. The summed E-state index contributed by atoms with van der Waals surface area (Å²) in [6, 6.07) is 3.58. The van der Waals surface area contributed by atoms with Crippen molar-refractivity contribution in [3.8, 4) is 0 Å². The van der Waals surface area contributed by atoms with Gasteiger partial charge in [0, 0.05) is 44.7 Å². The van der Waals surface area contributed by atoms with Gasteiger partial charge in [-0.2, -0.15) is 0 Å². The zero-order valence-electron chi connectivity index (χ0n) is 15.4. The predicted octanol–water partition coefficient (Wildman–Crippen LogP) is 0.822. The molecule has 146 valence electrons. The third kappa shape index (κ3) is 4.01. The monoisotopic (exact) mass is 390 g/mol.